The zero-order valence-electron chi connectivity index (χ0n) is 62.1. The van der Waals surface area contributed by atoms with E-state index in [1.165, 1.54) is 30.6 Å². The second-order valence-electron chi connectivity index (χ2n) is 28.3. The summed E-state index contributed by atoms with van der Waals surface area (Å²) in [4.78, 5) is 239. The number of likely N-dealkylation sites (N-methyl/N-ethyl adjacent to an activating group) is 2. The van der Waals surface area contributed by atoms with E-state index in [9.17, 15) is 86.3 Å². The molecule has 4 heterocycles. The summed E-state index contributed by atoms with van der Waals surface area (Å²) in [7, 11) is 3.42. The molecule has 104 heavy (non-hydrogen) atoms. The van der Waals surface area contributed by atoms with Crippen LogP contribution in [0, 0.1) is 23.7 Å². The van der Waals surface area contributed by atoms with E-state index in [1.54, 1.807) is 30.2 Å². The molecule has 8 amide bonds. The zero-order chi connectivity index (χ0) is 77.7. The van der Waals surface area contributed by atoms with E-state index >= 15 is 0 Å². The molecule has 4 rings (SSSR count). The summed E-state index contributed by atoms with van der Waals surface area (Å²) in [6, 6.07) is -6.96. The van der Waals surface area contributed by atoms with Crippen LogP contribution in [0.2, 0.25) is 0 Å². The summed E-state index contributed by atoms with van der Waals surface area (Å²) >= 11 is 0. The van der Waals surface area contributed by atoms with Crippen LogP contribution < -0.4 is 54.0 Å². The molecule has 0 aromatic carbocycles. The number of nitrogens with one attached hydrogen (secondary N) is 8. The third kappa shape index (κ3) is 28.1. The SMILES string of the molecule is CC(=O)[C@H](N[C@H](C=O)CCC(N)=O)N1CCN(C(=O)[C@H](N[C@H](C=O)CC(C)C)N2CCN(C)[C@@H](N[C@H](C=O)CC(C)C)C2=O)[C@@H](N[C@@H](C)C=O)C1=O.CC(C)C[C@@H](C=O)N[C@H]1C(=O)N([C@@H](N[C@H](C=O)CC(C)C)C(=O)N2CCN([C@H]([C-]=O)N[C@H](C=O)CCC(N)=O)C(=O)[C@@H]2N[C@@H](C)C=O)CCN1C.[Y]. The molecule has 16 atom stereocenters. The molecule has 12 N–H and O–H groups in total. The number of hydrogen-bond acceptors (Lipinski definition) is 28. The second kappa shape index (κ2) is 46.3. The Morgan fingerprint density at radius 1 is 0.413 bits per heavy atom. The van der Waals surface area contributed by atoms with Gasteiger partial charge >= 0.3 is 0 Å². The topological polar surface area (TPSA) is 481 Å². The molecule has 0 aromatic heterocycles. The van der Waals surface area contributed by atoms with Crippen LogP contribution in [0.5, 0.6) is 0 Å². The first-order valence-corrected chi connectivity index (χ1v) is 35.0. The van der Waals surface area contributed by atoms with Crippen molar-refractivity contribution in [3.8, 4) is 0 Å². The van der Waals surface area contributed by atoms with Crippen molar-refractivity contribution in [2.45, 2.75) is 225 Å². The van der Waals surface area contributed by atoms with Gasteiger partial charge in [-0.05, 0) is 103 Å². The largest absolute Gasteiger partial charge is 0.539 e. The maximum atomic E-state index is 14.7. The van der Waals surface area contributed by atoms with Crippen molar-refractivity contribution in [3.05, 3.63) is 0 Å². The van der Waals surface area contributed by atoms with Gasteiger partial charge in [0.05, 0.1) is 48.3 Å². The Bertz CT molecular complexity index is 2940. The van der Waals surface area contributed by atoms with Crippen LogP contribution in [0.25, 0.3) is 0 Å². The molecule has 581 valence electrons. The number of Topliss-reactive ketones (excluding diaryl/α,β-unsaturated/α-hetero) is 1. The molecule has 0 aliphatic carbocycles. The molecule has 0 spiro atoms. The summed E-state index contributed by atoms with van der Waals surface area (Å²) in [6.45, 7) is 19.4. The van der Waals surface area contributed by atoms with Gasteiger partial charge in [-0.3, -0.25) is 90.2 Å². The number of hydrogen-bond donors (Lipinski definition) is 10. The van der Waals surface area contributed by atoms with Crippen molar-refractivity contribution in [1.29, 1.82) is 0 Å². The van der Waals surface area contributed by atoms with E-state index in [0.29, 0.717) is 76.5 Å². The number of ketones is 1. The zero-order valence-corrected chi connectivity index (χ0v) is 65.0. The minimum atomic E-state index is -1.52. The average molecular weight is 1550 g/mol. The Labute approximate surface area is 633 Å². The van der Waals surface area contributed by atoms with Gasteiger partial charge in [0.2, 0.25) is 11.8 Å². The average Bonchev–Trinajstić information content (AvgIpc) is 0.780. The van der Waals surface area contributed by atoms with E-state index in [0.717, 1.165) is 32.2 Å². The van der Waals surface area contributed by atoms with Crippen LogP contribution >= 0.6 is 0 Å². The third-order valence-electron chi connectivity index (χ3n) is 17.7. The smallest absolute Gasteiger partial charge is 0.262 e. The van der Waals surface area contributed by atoms with Crippen molar-refractivity contribution >= 4 is 110 Å². The fraction of sp³-hybridized carbons (Fsp3) is 0.731. The first kappa shape index (κ1) is 93.2. The number of carbonyl (C=O) groups excluding carboxylic acids is 18. The number of piperazine rings is 4. The van der Waals surface area contributed by atoms with E-state index < -0.39 is 151 Å². The van der Waals surface area contributed by atoms with Crippen molar-refractivity contribution < 1.29 is 119 Å². The van der Waals surface area contributed by atoms with Crippen molar-refractivity contribution in [2.24, 2.45) is 35.1 Å². The monoisotopic (exact) mass is 1540 g/mol. The van der Waals surface area contributed by atoms with E-state index in [4.69, 9.17) is 11.5 Å². The number of amides is 8. The summed E-state index contributed by atoms with van der Waals surface area (Å²) in [5, 5.41) is 23.4. The first-order chi connectivity index (χ1) is 48.6. The molecule has 0 aromatic rings. The van der Waals surface area contributed by atoms with Gasteiger partial charge in [-0.15, -0.1) is 0 Å². The van der Waals surface area contributed by atoms with Gasteiger partial charge in [0.1, 0.15) is 68.8 Å². The summed E-state index contributed by atoms with van der Waals surface area (Å²) in [5.74, 6) is -5.67. The summed E-state index contributed by atoms with van der Waals surface area (Å²) < 4.78 is 0. The molecule has 4 aliphatic rings. The van der Waals surface area contributed by atoms with Gasteiger partial charge in [-0.25, -0.2) is 6.29 Å². The van der Waals surface area contributed by atoms with Crippen LogP contribution in [0.1, 0.15) is 128 Å². The van der Waals surface area contributed by atoms with Crippen molar-refractivity contribution in [3.63, 3.8) is 0 Å². The standard InChI is InChI=1S/C34H57N9O9.C33H54N9O9.Y/c1-20(2)14-25(18-46)38-29-32(50)42(11-10-40(29)7)31(39-26(19-47)15-21(3)4)34(52)43-13-12-41(33(51)30(43)36-22(5)16-44)28(23(6)48)37-24(17-45)8-9-27(35)49;1-20(2)13-24(17-45)37-28-31(49)41(10-9-39(28)6)30(38-25(18-46)14-21(3)4)33(51)42-12-11-40(32(50)29(42)35-22(5)15-43)27(19-47)36-23(16-44)7-8-26(34)48;/h16-22,24-26,28-31,36-39H,8-15H2,1-7H3,(H2,35,49);15-18,20-25,27-30,35-38H,7-14H2,1-6H3,(H2,34,48);/q;-1;/t22-,24-,25-,26-,28+,29+,30+,31+;22-,23-,24-,25-,27+,28+,29+,30+;/m00./s1. The van der Waals surface area contributed by atoms with Gasteiger partial charge in [-0.1, -0.05) is 55.4 Å². The number of aldehydes is 8. The Morgan fingerprint density at radius 3 is 1.03 bits per heavy atom. The van der Waals surface area contributed by atoms with Crippen LogP contribution in [0.3, 0.4) is 0 Å². The molecule has 4 saturated heterocycles. The Balaban J connectivity index is 0.000000700. The van der Waals surface area contributed by atoms with Gasteiger partial charge in [-0.2, -0.15) is 0 Å². The molecular formula is C67H111N18O18Y-. The molecule has 36 nitrogen and oxygen atoms in total. The molecule has 0 bridgehead atoms. The van der Waals surface area contributed by atoms with Gasteiger partial charge in [0.25, 0.3) is 35.4 Å². The summed E-state index contributed by atoms with van der Waals surface area (Å²) in [6.07, 6.45) is -3.01. The summed E-state index contributed by atoms with van der Waals surface area (Å²) in [5.41, 5.74) is 10.4. The van der Waals surface area contributed by atoms with Gasteiger partial charge < -0.3 is 89.3 Å². The van der Waals surface area contributed by atoms with Gasteiger partial charge in [0.15, 0.2) is 30.4 Å². The maximum Gasteiger partial charge on any atom is 0.262 e. The molecule has 0 unspecified atom stereocenters. The predicted octanol–water partition coefficient (Wildman–Crippen LogP) is -5.82. The Kier molecular flexibility index (Phi) is 41.5. The minimum Gasteiger partial charge on any atom is -0.539 e. The van der Waals surface area contributed by atoms with E-state index in [1.807, 2.05) is 55.4 Å². The fourth-order valence-corrected chi connectivity index (χ4v) is 12.4. The number of nitrogens with two attached hydrogens (primary N) is 2. The number of carbonyl (C=O) groups is 17. The van der Waals surface area contributed by atoms with Crippen LogP contribution in [0.4, 0.5) is 0 Å². The molecule has 1 radical (unpaired) electrons. The normalized spacial score (nSPS) is 21.9. The van der Waals surface area contributed by atoms with Crippen molar-refractivity contribution in [1.82, 2.24) is 81.7 Å². The first-order valence-electron chi connectivity index (χ1n) is 35.0. The number of nitrogens with zero attached hydrogens (tertiary/aromatic N) is 8. The third-order valence-corrected chi connectivity index (χ3v) is 17.7. The second-order valence-corrected chi connectivity index (χ2v) is 28.3. The Hall–Kier alpha value is -6.84. The van der Waals surface area contributed by atoms with E-state index in [2.05, 4.69) is 42.5 Å². The Morgan fingerprint density at radius 2 is 0.712 bits per heavy atom. The molecule has 37 heteroatoms. The fourth-order valence-electron chi connectivity index (χ4n) is 12.4. The molecule has 0 saturated carbocycles. The quantitative estimate of drug-likeness (QED) is 0.0200. The minimum absolute atomic E-state index is 0. The van der Waals surface area contributed by atoms with Crippen LogP contribution in [-0.2, 0) is 119 Å². The van der Waals surface area contributed by atoms with Gasteiger partial charge in [0, 0.05) is 97.9 Å². The molecule has 4 fully saturated rings. The number of rotatable bonds is 46. The van der Waals surface area contributed by atoms with Crippen LogP contribution in [0.15, 0.2) is 0 Å². The van der Waals surface area contributed by atoms with Crippen molar-refractivity contribution in [2.75, 3.05) is 66.5 Å². The maximum absolute atomic E-state index is 14.7. The number of primary amides is 2. The van der Waals surface area contributed by atoms with E-state index in [-0.39, 0.29) is 121 Å². The van der Waals surface area contributed by atoms with Crippen LogP contribution in [-0.4, -0.2) is 313 Å². The molecule has 4 aliphatic heterocycles. The predicted molar refractivity (Wildman–Crippen MR) is 372 cm³/mol. The molecular weight excluding hydrogens is 1430 g/mol.